The number of benzene rings is 1. The molecular weight excluding hydrogens is 162 g/mol. The van der Waals surface area contributed by atoms with E-state index in [1.807, 2.05) is 0 Å². The van der Waals surface area contributed by atoms with Crippen molar-refractivity contribution in [2.24, 2.45) is 0 Å². The quantitative estimate of drug-likeness (QED) is 0.720. The predicted molar refractivity (Wildman–Crippen MR) is 54.5 cm³/mol. The molecule has 0 aliphatic rings. The molecule has 2 nitrogen and oxygen atoms in total. The number of hydroxylamine groups is 1. The zero-order valence-corrected chi connectivity index (χ0v) is 8.72. The molecule has 0 aromatic heterocycles. The Morgan fingerprint density at radius 1 is 1.31 bits per heavy atom. The summed E-state index contributed by atoms with van der Waals surface area (Å²) in [5, 5.41) is 0. The zero-order valence-electron chi connectivity index (χ0n) is 8.72. The molecule has 0 radical (unpaired) electrons. The summed E-state index contributed by atoms with van der Waals surface area (Å²) >= 11 is 0. The van der Waals surface area contributed by atoms with Crippen molar-refractivity contribution in [3.05, 3.63) is 34.9 Å². The second-order valence-electron chi connectivity index (χ2n) is 3.40. The summed E-state index contributed by atoms with van der Waals surface area (Å²) in [5.41, 5.74) is 6.81. The van der Waals surface area contributed by atoms with Crippen LogP contribution in [0.2, 0.25) is 0 Å². The van der Waals surface area contributed by atoms with Gasteiger partial charge in [-0.05, 0) is 31.9 Å². The summed E-state index contributed by atoms with van der Waals surface area (Å²) < 4.78 is 0. The Bertz CT molecular complexity index is 283. The van der Waals surface area contributed by atoms with Gasteiger partial charge in [-0.15, -0.1) is 0 Å². The first kappa shape index (κ1) is 10.2. The highest BCUT2D eigenvalue weighted by Gasteiger charge is 2.06. The first-order valence-electron chi connectivity index (χ1n) is 4.51. The minimum atomic E-state index is 0.241. The molecule has 0 amide bonds. The molecule has 0 fully saturated rings. The van der Waals surface area contributed by atoms with Crippen molar-refractivity contribution in [1.82, 2.24) is 5.48 Å². The van der Waals surface area contributed by atoms with E-state index in [1.54, 1.807) is 7.11 Å². The molecule has 1 atom stereocenters. The monoisotopic (exact) mass is 179 g/mol. The third-order valence-corrected chi connectivity index (χ3v) is 2.19. The minimum absolute atomic E-state index is 0.241. The van der Waals surface area contributed by atoms with Crippen LogP contribution in [0.25, 0.3) is 0 Å². The molecule has 0 aliphatic heterocycles. The van der Waals surface area contributed by atoms with Gasteiger partial charge >= 0.3 is 0 Å². The Morgan fingerprint density at radius 2 is 2.00 bits per heavy atom. The normalized spacial score (nSPS) is 12.9. The number of aryl methyl sites for hydroxylation is 2. The van der Waals surface area contributed by atoms with Gasteiger partial charge in [0.15, 0.2) is 0 Å². The van der Waals surface area contributed by atoms with Gasteiger partial charge in [-0.1, -0.05) is 23.8 Å². The van der Waals surface area contributed by atoms with E-state index in [0.29, 0.717) is 0 Å². The minimum Gasteiger partial charge on any atom is -0.305 e. The van der Waals surface area contributed by atoms with Crippen LogP contribution in [0.3, 0.4) is 0 Å². The summed E-state index contributed by atoms with van der Waals surface area (Å²) in [6, 6.07) is 6.69. The van der Waals surface area contributed by atoms with Crippen LogP contribution in [-0.2, 0) is 4.84 Å². The number of hydrogen-bond donors (Lipinski definition) is 1. The highest BCUT2D eigenvalue weighted by atomic mass is 16.6. The Kier molecular flexibility index (Phi) is 3.46. The highest BCUT2D eigenvalue weighted by Crippen LogP contribution is 2.18. The molecule has 0 heterocycles. The summed E-state index contributed by atoms with van der Waals surface area (Å²) in [7, 11) is 1.64. The van der Waals surface area contributed by atoms with Crippen LogP contribution in [0.15, 0.2) is 18.2 Å². The van der Waals surface area contributed by atoms with E-state index in [-0.39, 0.29) is 6.04 Å². The van der Waals surface area contributed by atoms with Crippen LogP contribution in [-0.4, -0.2) is 7.11 Å². The van der Waals surface area contributed by atoms with Gasteiger partial charge in [-0.25, -0.2) is 0 Å². The highest BCUT2D eigenvalue weighted by molar-refractivity contribution is 5.32. The van der Waals surface area contributed by atoms with Gasteiger partial charge in [0.25, 0.3) is 0 Å². The molecule has 0 spiro atoms. The maximum Gasteiger partial charge on any atom is 0.0572 e. The van der Waals surface area contributed by atoms with Crippen molar-refractivity contribution in [2.45, 2.75) is 26.8 Å². The summed E-state index contributed by atoms with van der Waals surface area (Å²) in [6.07, 6.45) is 0. The Labute approximate surface area is 79.9 Å². The van der Waals surface area contributed by atoms with E-state index in [9.17, 15) is 0 Å². The number of hydrogen-bond acceptors (Lipinski definition) is 2. The largest absolute Gasteiger partial charge is 0.305 e. The molecule has 0 aliphatic carbocycles. The average Bonchev–Trinajstić information content (AvgIpc) is 2.04. The van der Waals surface area contributed by atoms with Crippen LogP contribution in [0.4, 0.5) is 0 Å². The Morgan fingerprint density at radius 3 is 2.54 bits per heavy atom. The Balaban J connectivity index is 2.88. The lowest BCUT2D eigenvalue weighted by molar-refractivity contribution is 0.0657. The molecule has 2 heteroatoms. The molecule has 0 saturated heterocycles. The molecule has 1 aromatic carbocycles. The third kappa shape index (κ3) is 2.54. The molecule has 1 unspecified atom stereocenters. The SMILES string of the molecule is CONC(C)c1ccc(C)cc1C. The molecule has 1 rings (SSSR count). The second-order valence-corrected chi connectivity index (χ2v) is 3.40. The van der Waals surface area contributed by atoms with Gasteiger partial charge in [-0.2, -0.15) is 5.48 Å². The molecule has 1 aromatic rings. The van der Waals surface area contributed by atoms with E-state index in [1.165, 1.54) is 16.7 Å². The summed E-state index contributed by atoms with van der Waals surface area (Å²) in [6.45, 7) is 6.31. The van der Waals surface area contributed by atoms with Gasteiger partial charge < -0.3 is 4.84 Å². The molecule has 72 valence electrons. The maximum absolute atomic E-state index is 4.89. The van der Waals surface area contributed by atoms with Gasteiger partial charge in [0, 0.05) is 0 Å². The molecule has 1 N–H and O–H groups in total. The van der Waals surface area contributed by atoms with E-state index in [4.69, 9.17) is 4.84 Å². The van der Waals surface area contributed by atoms with Crippen molar-refractivity contribution < 1.29 is 4.84 Å². The van der Waals surface area contributed by atoms with Crippen LogP contribution in [0, 0.1) is 13.8 Å². The standard InChI is InChI=1S/C11H17NO/c1-8-5-6-11(9(2)7-8)10(3)12-13-4/h5-7,10,12H,1-4H3. The third-order valence-electron chi connectivity index (χ3n) is 2.19. The van der Waals surface area contributed by atoms with Gasteiger partial charge in [0.05, 0.1) is 13.2 Å². The van der Waals surface area contributed by atoms with Crippen molar-refractivity contribution >= 4 is 0 Å². The molecule has 0 saturated carbocycles. The first-order chi connectivity index (χ1) is 6.15. The van der Waals surface area contributed by atoms with E-state index in [2.05, 4.69) is 44.5 Å². The van der Waals surface area contributed by atoms with Crippen molar-refractivity contribution in [3.63, 3.8) is 0 Å². The van der Waals surface area contributed by atoms with Crippen molar-refractivity contribution in [3.8, 4) is 0 Å². The fraction of sp³-hybridized carbons (Fsp3) is 0.455. The predicted octanol–water partition coefficient (Wildman–Crippen LogP) is 2.52. The lowest BCUT2D eigenvalue weighted by Crippen LogP contribution is -2.17. The second kappa shape index (κ2) is 4.40. The Hall–Kier alpha value is -0.860. The van der Waals surface area contributed by atoms with Gasteiger partial charge in [0.1, 0.15) is 0 Å². The average molecular weight is 179 g/mol. The van der Waals surface area contributed by atoms with Gasteiger partial charge in [-0.3, -0.25) is 0 Å². The number of nitrogens with one attached hydrogen (secondary N) is 1. The van der Waals surface area contributed by atoms with Gasteiger partial charge in [0.2, 0.25) is 0 Å². The maximum atomic E-state index is 4.89. The van der Waals surface area contributed by atoms with Crippen molar-refractivity contribution in [2.75, 3.05) is 7.11 Å². The first-order valence-corrected chi connectivity index (χ1v) is 4.51. The fourth-order valence-corrected chi connectivity index (χ4v) is 1.55. The van der Waals surface area contributed by atoms with E-state index < -0.39 is 0 Å². The van der Waals surface area contributed by atoms with Crippen LogP contribution >= 0.6 is 0 Å². The summed E-state index contributed by atoms with van der Waals surface area (Å²) in [4.78, 5) is 4.89. The summed E-state index contributed by atoms with van der Waals surface area (Å²) in [5.74, 6) is 0. The molecule has 0 bridgehead atoms. The molecular formula is C11H17NO. The van der Waals surface area contributed by atoms with Crippen LogP contribution < -0.4 is 5.48 Å². The van der Waals surface area contributed by atoms with E-state index >= 15 is 0 Å². The van der Waals surface area contributed by atoms with E-state index in [0.717, 1.165) is 0 Å². The fourth-order valence-electron chi connectivity index (χ4n) is 1.55. The number of rotatable bonds is 3. The topological polar surface area (TPSA) is 21.3 Å². The lowest BCUT2D eigenvalue weighted by Gasteiger charge is -2.15. The van der Waals surface area contributed by atoms with Crippen LogP contribution in [0.1, 0.15) is 29.7 Å². The lowest BCUT2D eigenvalue weighted by atomic mass is 10.0. The van der Waals surface area contributed by atoms with Crippen LogP contribution in [0.5, 0.6) is 0 Å². The van der Waals surface area contributed by atoms with Crippen molar-refractivity contribution in [1.29, 1.82) is 0 Å². The molecule has 13 heavy (non-hydrogen) atoms. The zero-order chi connectivity index (χ0) is 9.84. The smallest absolute Gasteiger partial charge is 0.0572 e.